The monoisotopic (exact) mass is 341 g/mol. The average molecular weight is 342 g/mol. The molecule has 1 aromatic carbocycles. The van der Waals surface area contributed by atoms with Crippen molar-refractivity contribution in [3.63, 3.8) is 0 Å². The lowest BCUT2D eigenvalue weighted by molar-refractivity contribution is -0.870. The predicted molar refractivity (Wildman–Crippen MR) is 88.9 cm³/mol. The number of ether oxygens (including phenoxy) is 1. The maximum absolute atomic E-state index is 11.8. The van der Waals surface area contributed by atoms with E-state index in [1.54, 1.807) is 6.08 Å². The quantitative estimate of drug-likeness (QED) is 0.398. The molecule has 0 aliphatic carbocycles. The Morgan fingerprint density at radius 1 is 1.35 bits per heavy atom. The van der Waals surface area contributed by atoms with Crippen LogP contribution in [0.2, 0.25) is 0 Å². The van der Waals surface area contributed by atoms with Crippen LogP contribution in [0.25, 0.3) is 0 Å². The predicted octanol–water partition coefficient (Wildman–Crippen LogP) is -0.385. The van der Waals surface area contributed by atoms with Gasteiger partial charge in [0.1, 0.15) is 18.9 Å². The summed E-state index contributed by atoms with van der Waals surface area (Å²) in [6.07, 6.45) is 3.36. The van der Waals surface area contributed by atoms with Gasteiger partial charge in [-0.1, -0.05) is 18.2 Å². The molecule has 130 valence electrons. The van der Waals surface area contributed by atoms with Crippen LogP contribution in [0.15, 0.2) is 24.8 Å². The summed E-state index contributed by atoms with van der Waals surface area (Å²) < 4.78 is 6.02. The zero-order chi connectivity index (χ0) is 16.8. The van der Waals surface area contributed by atoms with Crippen LogP contribution in [0.1, 0.15) is 23.1 Å². The molecule has 0 aromatic heterocycles. The minimum Gasteiger partial charge on any atom is -1.00 e. The normalized spacial score (nSPS) is 10.8. The number of phenols is 1. The summed E-state index contributed by atoms with van der Waals surface area (Å²) in [6, 6.07) is 3.85. The van der Waals surface area contributed by atoms with E-state index < -0.39 is 0 Å². The van der Waals surface area contributed by atoms with Crippen molar-refractivity contribution < 1.29 is 31.5 Å². The number of phenolic OH excluding ortho intramolecular Hbond substituents is 1. The van der Waals surface area contributed by atoms with E-state index in [-0.39, 0.29) is 18.4 Å². The molecule has 4 nitrogen and oxygen atoms in total. The first-order valence-electron chi connectivity index (χ1n) is 7.61. The van der Waals surface area contributed by atoms with Crippen molar-refractivity contribution in [1.82, 2.24) is 0 Å². The summed E-state index contributed by atoms with van der Waals surface area (Å²) in [4.78, 5) is 11.8. The number of quaternary nitrogens is 1. The molecule has 0 radical (unpaired) electrons. The second kappa shape index (κ2) is 9.58. The number of rotatable bonds is 8. The fourth-order valence-electron chi connectivity index (χ4n) is 2.14. The molecule has 0 fully saturated rings. The maximum atomic E-state index is 11.8. The van der Waals surface area contributed by atoms with Crippen molar-refractivity contribution >= 4 is 5.97 Å². The number of likely N-dealkylation sites (N-methyl/N-ethyl adjacent to an activating group) is 1. The molecule has 1 aromatic rings. The lowest BCUT2D eigenvalue weighted by Gasteiger charge is -2.23. The zero-order valence-electron chi connectivity index (χ0n) is 14.6. The fourth-order valence-corrected chi connectivity index (χ4v) is 2.14. The molecule has 23 heavy (non-hydrogen) atoms. The number of carbonyl (C=O) groups excluding carboxylic acids is 1. The number of nitrogens with zero attached hydrogens (tertiary/aromatic N) is 1. The summed E-state index contributed by atoms with van der Waals surface area (Å²) in [7, 11) is 6.19. The summed E-state index contributed by atoms with van der Waals surface area (Å²) in [6.45, 7) is 6.81. The van der Waals surface area contributed by atoms with Gasteiger partial charge in [-0.15, -0.1) is 6.58 Å². The Hall–Kier alpha value is -1.52. The average Bonchev–Trinajstić information content (AvgIpc) is 2.40. The second-order valence-electron chi connectivity index (χ2n) is 6.65. The van der Waals surface area contributed by atoms with Gasteiger partial charge in [-0.25, -0.2) is 0 Å². The van der Waals surface area contributed by atoms with E-state index in [9.17, 15) is 9.90 Å². The number of hydrogen-bond acceptors (Lipinski definition) is 3. The summed E-state index contributed by atoms with van der Waals surface area (Å²) in [5.74, 6) is 0.138. The molecule has 0 saturated carbocycles. The molecule has 0 amide bonds. The van der Waals surface area contributed by atoms with Gasteiger partial charge in [0.15, 0.2) is 0 Å². The Kier molecular flexibility index (Phi) is 8.95. The molecule has 0 aliphatic heterocycles. The van der Waals surface area contributed by atoms with Gasteiger partial charge >= 0.3 is 5.97 Å². The highest BCUT2D eigenvalue weighted by atomic mass is 35.5. The molecular weight excluding hydrogens is 314 g/mol. The Balaban J connectivity index is 0.00000484. The molecular formula is C18H28ClNO3. The van der Waals surface area contributed by atoms with E-state index in [2.05, 4.69) is 27.7 Å². The van der Waals surface area contributed by atoms with Crippen molar-refractivity contribution in [3.05, 3.63) is 41.5 Å². The molecule has 0 bridgehead atoms. The minimum atomic E-state index is -0.176. The Morgan fingerprint density at radius 2 is 2.00 bits per heavy atom. The number of aromatic hydroxyl groups is 1. The standard InChI is InChI=1S/C18H27NO3.ClH/c1-6-7-16-13-15(12-14(2)18(16)21)8-9-17(20)22-11-10-19(3,4)5;/h6,12-13H,1,7-11H2,2-5H3;1H. The molecule has 1 rings (SSSR count). The summed E-state index contributed by atoms with van der Waals surface area (Å²) in [5, 5.41) is 9.98. The lowest BCUT2D eigenvalue weighted by atomic mass is 10.00. The third kappa shape index (κ3) is 8.05. The van der Waals surface area contributed by atoms with Crippen LogP contribution in [0.5, 0.6) is 5.75 Å². The number of aryl methyl sites for hydroxylation is 2. The third-order valence-electron chi connectivity index (χ3n) is 3.45. The first-order chi connectivity index (χ1) is 10.2. The number of carbonyl (C=O) groups is 1. The smallest absolute Gasteiger partial charge is 0.306 e. The van der Waals surface area contributed by atoms with Crippen LogP contribution in [0.3, 0.4) is 0 Å². The zero-order valence-corrected chi connectivity index (χ0v) is 15.3. The molecule has 0 aliphatic rings. The molecule has 1 N–H and O–H groups in total. The highest BCUT2D eigenvalue weighted by Crippen LogP contribution is 2.25. The minimum absolute atomic E-state index is 0. The summed E-state index contributed by atoms with van der Waals surface area (Å²) >= 11 is 0. The van der Waals surface area contributed by atoms with Gasteiger partial charge in [-0.3, -0.25) is 4.79 Å². The molecule has 0 unspecified atom stereocenters. The van der Waals surface area contributed by atoms with Crippen molar-refractivity contribution in [2.45, 2.75) is 26.2 Å². The maximum Gasteiger partial charge on any atom is 0.306 e. The molecule has 0 heterocycles. The molecule has 0 spiro atoms. The highest BCUT2D eigenvalue weighted by molar-refractivity contribution is 5.69. The largest absolute Gasteiger partial charge is 1.00 e. The van der Waals surface area contributed by atoms with E-state index in [1.165, 1.54) is 0 Å². The van der Waals surface area contributed by atoms with E-state index >= 15 is 0 Å². The van der Waals surface area contributed by atoms with Crippen LogP contribution >= 0.6 is 0 Å². The van der Waals surface area contributed by atoms with Gasteiger partial charge in [-0.2, -0.15) is 0 Å². The molecule has 5 heteroatoms. The van der Waals surface area contributed by atoms with Gasteiger partial charge in [-0.05, 0) is 36.5 Å². The second-order valence-corrected chi connectivity index (χ2v) is 6.65. The number of halogens is 1. The van der Waals surface area contributed by atoms with E-state index in [1.807, 2.05) is 19.1 Å². The number of allylic oxidation sites excluding steroid dienone is 1. The Labute approximate surface area is 145 Å². The van der Waals surface area contributed by atoms with Crippen LogP contribution in [0, 0.1) is 6.92 Å². The van der Waals surface area contributed by atoms with Gasteiger partial charge in [0.2, 0.25) is 0 Å². The number of esters is 1. The van der Waals surface area contributed by atoms with E-state index in [0.29, 0.717) is 31.6 Å². The molecule has 0 atom stereocenters. The lowest BCUT2D eigenvalue weighted by Crippen LogP contribution is -3.00. The van der Waals surface area contributed by atoms with Crippen molar-refractivity contribution in [1.29, 1.82) is 0 Å². The van der Waals surface area contributed by atoms with Gasteiger partial charge < -0.3 is 26.7 Å². The van der Waals surface area contributed by atoms with E-state index in [0.717, 1.165) is 27.7 Å². The van der Waals surface area contributed by atoms with Crippen LogP contribution in [0.4, 0.5) is 0 Å². The topological polar surface area (TPSA) is 46.5 Å². The number of benzene rings is 1. The highest BCUT2D eigenvalue weighted by Gasteiger charge is 2.11. The Bertz CT molecular complexity index is 536. The van der Waals surface area contributed by atoms with Crippen LogP contribution < -0.4 is 12.4 Å². The molecule has 0 saturated heterocycles. The van der Waals surface area contributed by atoms with Crippen molar-refractivity contribution in [2.75, 3.05) is 34.3 Å². The van der Waals surface area contributed by atoms with Crippen LogP contribution in [-0.2, 0) is 22.4 Å². The summed E-state index contributed by atoms with van der Waals surface area (Å²) in [5.41, 5.74) is 2.71. The number of hydrogen-bond donors (Lipinski definition) is 1. The SMILES string of the molecule is C=CCc1cc(CCC(=O)OCC[N+](C)(C)C)cc(C)c1O.[Cl-]. The third-order valence-corrected chi connectivity index (χ3v) is 3.45. The van der Waals surface area contributed by atoms with E-state index in [4.69, 9.17) is 4.74 Å². The fraction of sp³-hybridized carbons (Fsp3) is 0.500. The first-order valence-corrected chi connectivity index (χ1v) is 7.61. The van der Waals surface area contributed by atoms with Crippen molar-refractivity contribution in [3.8, 4) is 5.75 Å². The van der Waals surface area contributed by atoms with Crippen LogP contribution in [-0.4, -0.2) is 49.9 Å². The van der Waals surface area contributed by atoms with Crippen molar-refractivity contribution in [2.24, 2.45) is 0 Å². The van der Waals surface area contributed by atoms with Gasteiger partial charge in [0.25, 0.3) is 0 Å². The van der Waals surface area contributed by atoms with Gasteiger partial charge in [0.05, 0.1) is 21.1 Å². The first kappa shape index (κ1) is 21.5. The van der Waals surface area contributed by atoms with Gasteiger partial charge in [0, 0.05) is 6.42 Å². The Morgan fingerprint density at radius 3 is 2.57 bits per heavy atom.